The van der Waals surface area contributed by atoms with Crippen molar-refractivity contribution in [3.63, 3.8) is 0 Å². The third-order valence-electron chi connectivity index (χ3n) is 3.22. The van der Waals surface area contributed by atoms with Gasteiger partial charge in [-0.15, -0.1) is 0 Å². The van der Waals surface area contributed by atoms with Crippen LogP contribution in [0.4, 0.5) is 5.95 Å². The van der Waals surface area contributed by atoms with E-state index in [9.17, 15) is 0 Å². The summed E-state index contributed by atoms with van der Waals surface area (Å²) in [5.74, 6) is 0.896. The first-order chi connectivity index (χ1) is 8.81. The van der Waals surface area contributed by atoms with Gasteiger partial charge in [0.1, 0.15) is 6.33 Å². The summed E-state index contributed by atoms with van der Waals surface area (Å²) >= 11 is 0. The number of methoxy groups -OCH3 is 1. The van der Waals surface area contributed by atoms with Crippen molar-refractivity contribution in [2.24, 2.45) is 0 Å². The lowest BCUT2D eigenvalue weighted by molar-refractivity contribution is 0.401. The first kappa shape index (κ1) is 11.1. The molecule has 0 saturated carbocycles. The second-order valence-corrected chi connectivity index (χ2v) is 4.35. The van der Waals surface area contributed by atoms with Crippen molar-refractivity contribution in [2.75, 3.05) is 30.9 Å². The maximum absolute atomic E-state index is 5.99. The number of hydrogen-bond acceptors (Lipinski definition) is 6. The van der Waals surface area contributed by atoms with Crippen molar-refractivity contribution in [2.45, 2.75) is 19.3 Å². The van der Waals surface area contributed by atoms with Gasteiger partial charge in [0.15, 0.2) is 11.2 Å². The van der Waals surface area contributed by atoms with Gasteiger partial charge in [0.2, 0.25) is 11.8 Å². The third-order valence-corrected chi connectivity index (χ3v) is 3.22. The van der Waals surface area contributed by atoms with E-state index in [1.165, 1.54) is 25.6 Å². The second kappa shape index (κ2) is 4.32. The van der Waals surface area contributed by atoms with Gasteiger partial charge < -0.3 is 15.5 Å². The van der Waals surface area contributed by atoms with Crippen LogP contribution in [0, 0.1) is 0 Å². The van der Waals surface area contributed by atoms with Crippen molar-refractivity contribution in [3.05, 3.63) is 6.33 Å². The minimum Gasteiger partial charge on any atom is -0.479 e. The zero-order chi connectivity index (χ0) is 12.5. The molecule has 0 aromatic carbocycles. The highest BCUT2D eigenvalue weighted by molar-refractivity contribution is 5.79. The van der Waals surface area contributed by atoms with Gasteiger partial charge in [-0.25, -0.2) is 14.6 Å². The number of nitrogen functional groups attached to an aromatic ring is 1. The standard InChI is InChI=1S/C11H16N6O/c1-18-10-8-9(13-7-14-10)17(11(12)15-8)16-5-3-2-4-6-16/h7H,2-6H2,1H3,(H2,12,15). The van der Waals surface area contributed by atoms with Gasteiger partial charge >= 0.3 is 0 Å². The summed E-state index contributed by atoms with van der Waals surface area (Å²) in [5.41, 5.74) is 7.32. The summed E-state index contributed by atoms with van der Waals surface area (Å²) in [7, 11) is 1.57. The van der Waals surface area contributed by atoms with E-state index < -0.39 is 0 Å². The lowest BCUT2D eigenvalue weighted by Crippen LogP contribution is -2.39. The van der Waals surface area contributed by atoms with Gasteiger partial charge in [-0.2, -0.15) is 4.98 Å². The predicted molar refractivity (Wildman–Crippen MR) is 68.1 cm³/mol. The van der Waals surface area contributed by atoms with E-state index in [0.717, 1.165) is 13.1 Å². The van der Waals surface area contributed by atoms with E-state index in [2.05, 4.69) is 20.0 Å². The zero-order valence-electron chi connectivity index (χ0n) is 10.3. The highest BCUT2D eigenvalue weighted by atomic mass is 16.5. The summed E-state index contributed by atoms with van der Waals surface area (Å²) in [6, 6.07) is 0. The van der Waals surface area contributed by atoms with Crippen LogP contribution in [0.2, 0.25) is 0 Å². The van der Waals surface area contributed by atoms with Gasteiger partial charge in [-0.1, -0.05) is 0 Å². The number of fused-ring (bicyclic) bond motifs is 1. The highest BCUT2D eigenvalue weighted by Crippen LogP contribution is 2.24. The SMILES string of the molecule is COc1ncnc2c1nc(N)n2N1CCCCC1. The monoisotopic (exact) mass is 248 g/mol. The van der Waals surface area contributed by atoms with Crippen molar-refractivity contribution in [1.29, 1.82) is 0 Å². The minimum atomic E-state index is 0.436. The Kier molecular flexibility index (Phi) is 2.66. The number of aromatic nitrogens is 4. The topological polar surface area (TPSA) is 82.1 Å². The summed E-state index contributed by atoms with van der Waals surface area (Å²) in [4.78, 5) is 12.6. The van der Waals surface area contributed by atoms with Crippen LogP contribution < -0.4 is 15.5 Å². The normalized spacial score (nSPS) is 16.2. The van der Waals surface area contributed by atoms with Crippen LogP contribution in [0.25, 0.3) is 11.2 Å². The van der Waals surface area contributed by atoms with E-state index in [-0.39, 0.29) is 0 Å². The molecule has 1 aliphatic heterocycles. The smallest absolute Gasteiger partial charge is 0.245 e. The van der Waals surface area contributed by atoms with Crippen LogP contribution in [-0.2, 0) is 0 Å². The molecule has 18 heavy (non-hydrogen) atoms. The maximum Gasteiger partial charge on any atom is 0.245 e. The van der Waals surface area contributed by atoms with Crippen molar-refractivity contribution < 1.29 is 4.74 Å². The van der Waals surface area contributed by atoms with E-state index in [1.807, 2.05) is 4.68 Å². The van der Waals surface area contributed by atoms with Gasteiger partial charge in [0.05, 0.1) is 7.11 Å². The molecule has 0 bridgehead atoms. The fraction of sp³-hybridized carbons (Fsp3) is 0.545. The van der Waals surface area contributed by atoms with E-state index >= 15 is 0 Å². The Hall–Kier alpha value is -2.05. The summed E-state index contributed by atoms with van der Waals surface area (Å²) in [5, 5.41) is 2.18. The molecule has 0 amide bonds. The van der Waals surface area contributed by atoms with Crippen LogP contribution >= 0.6 is 0 Å². The fourth-order valence-electron chi connectivity index (χ4n) is 2.38. The first-order valence-electron chi connectivity index (χ1n) is 6.09. The summed E-state index contributed by atoms with van der Waals surface area (Å²) in [6.07, 6.45) is 5.08. The largest absolute Gasteiger partial charge is 0.479 e. The molecule has 0 unspecified atom stereocenters. The molecule has 0 aliphatic carbocycles. The Bertz CT molecular complexity index is 560. The summed E-state index contributed by atoms with van der Waals surface area (Å²) in [6.45, 7) is 1.95. The number of imidazole rings is 1. The average Bonchev–Trinajstić information content (AvgIpc) is 2.75. The molecule has 2 aromatic heterocycles. The number of ether oxygens (including phenoxy) is 1. The molecule has 1 saturated heterocycles. The third kappa shape index (κ3) is 1.62. The predicted octanol–water partition coefficient (Wildman–Crippen LogP) is 0.539. The number of rotatable bonds is 2. The van der Waals surface area contributed by atoms with Crippen LogP contribution in [-0.4, -0.2) is 39.8 Å². The molecule has 7 nitrogen and oxygen atoms in total. The van der Waals surface area contributed by atoms with Crippen LogP contribution in [0.3, 0.4) is 0 Å². The van der Waals surface area contributed by atoms with Crippen molar-refractivity contribution in [1.82, 2.24) is 19.6 Å². The second-order valence-electron chi connectivity index (χ2n) is 4.35. The van der Waals surface area contributed by atoms with E-state index in [0.29, 0.717) is 23.0 Å². The number of anilines is 1. The molecule has 2 N–H and O–H groups in total. The molecule has 1 aliphatic rings. The highest BCUT2D eigenvalue weighted by Gasteiger charge is 2.20. The molecule has 0 radical (unpaired) electrons. The minimum absolute atomic E-state index is 0.436. The number of hydrogen-bond donors (Lipinski definition) is 1. The Morgan fingerprint density at radius 3 is 2.72 bits per heavy atom. The Morgan fingerprint density at radius 1 is 1.22 bits per heavy atom. The van der Waals surface area contributed by atoms with Gasteiger partial charge in [-0.05, 0) is 19.3 Å². The Labute approximate surface area is 105 Å². The van der Waals surface area contributed by atoms with E-state index in [1.54, 1.807) is 7.11 Å². The molecule has 7 heteroatoms. The lowest BCUT2D eigenvalue weighted by Gasteiger charge is -2.29. The number of piperidine rings is 1. The van der Waals surface area contributed by atoms with Crippen LogP contribution in [0.15, 0.2) is 6.33 Å². The van der Waals surface area contributed by atoms with Crippen molar-refractivity contribution in [3.8, 4) is 5.88 Å². The van der Waals surface area contributed by atoms with Gasteiger partial charge in [0.25, 0.3) is 0 Å². The molecule has 0 atom stereocenters. The quantitative estimate of drug-likeness (QED) is 0.835. The molecular formula is C11H16N6O. The lowest BCUT2D eigenvalue weighted by atomic mass is 10.2. The van der Waals surface area contributed by atoms with Crippen molar-refractivity contribution >= 4 is 17.1 Å². The summed E-state index contributed by atoms with van der Waals surface area (Å²) < 4.78 is 7.06. The Morgan fingerprint density at radius 2 is 2.00 bits per heavy atom. The molecule has 2 aromatic rings. The fourth-order valence-corrected chi connectivity index (χ4v) is 2.38. The van der Waals surface area contributed by atoms with Crippen LogP contribution in [0.5, 0.6) is 5.88 Å². The van der Waals surface area contributed by atoms with Gasteiger partial charge in [-0.3, -0.25) is 0 Å². The van der Waals surface area contributed by atoms with E-state index in [4.69, 9.17) is 10.5 Å². The maximum atomic E-state index is 5.99. The molecule has 1 fully saturated rings. The number of nitrogens with two attached hydrogens (primary N) is 1. The molecule has 0 spiro atoms. The molecular weight excluding hydrogens is 232 g/mol. The number of nitrogens with zero attached hydrogens (tertiary/aromatic N) is 5. The average molecular weight is 248 g/mol. The molecule has 96 valence electrons. The molecule has 3 heterocycles. The van der Waals surface area contributed by atoms with Crippen LogP contribution in [0.1, 0.15) is 19.3 Å². The zero-order valence-corrected chi connectivity index (χ0v) is 10.3. The first-order valence-corrected chi connectivity index (χ1v) is 6.09. The van der Waals surface area contributed by atoms with Gasteiger partial charge in [0, 0.05) is 13.1 Å². The Balaban J connectivity index is 2.13. The molecule has 3 rings (SSSR count).